The Morgan fingerprint density at radius 2 is 1.94 bits per heavy atom. The third-order valence-electron chi connectivity index (χ3n) is 3.89. The van der Waals surface area contributed by atoms with Crippen LogP contribution in [0.5, 0.6) is 0 Å². The molecule has 0 aromatic heterocycles. The third-order valence-corrected chi connectivity index (χ3v) is 4.23. The molecule has 3 heteroatoms. The van der Waals surface area contributed by atoms with Crippen LogP contribution < -0.4 is 5.32 Å². The number of benzene rings is 1. The fourth-order valence-electron chi connectivity index (χ4n) is 3.00. The highest BCUT2D eigenvalue weighted by Gasteiger charge is 2.42. The second-order valence-electron chi connectivity index (χ2n) is 4.72. The maximum absolute atomic E-state index is 6.30. The summed E-state index contributed by atoms with van der Waals surface area (Å²) in [6.07, 6.45) is 4.66. The van der Waals surface area contributed by atoms with Gasteiger partial charge in [-0.3, -0.25) is 0 Å². The van der Waals surface area contributed by atoms with Gasteiger partial charge in [-0.2, -0.15) is 0 Å². The summed E-state index contributed by atoms with van der Waals surface area (Å²) in [7, 11) is 3.79. The molecule has 0 heterocycles. The summed E-state index contributed by atoms with van der Waals surface area (Å²) in [5, 5.41) is 4.20. The molecule has 1 fully saturated rings. The van der Waals surface area contributed by atoms with Crippen LogP contribution >= 0.6 is 11.6 Å². The normalized spacial score (nSPS) is 20.4. The molecule has 0 spiro atoms. The summed E-state index contributed by atoms with van der Waals surface area (Å²) in [6.45, 7) is 0. The summed E-state index contributed by atoms with van der Waals surface area (Å²) in [4.78, 5) is 0. The van der Waals surface area contributed by atoms with Crippen LogP contribution in [0.1, 0.15) is 37.3 Å². The van der Waals surface area contributed by atoms with E-state index in [1.54, 1.807) is 0 Å². The first-order chi connectivity index (χ1) is 8.23. The molecule has 1 N–H and O–H groups in total. The van der Waals surface area contributed by atoms with E-state index in [0.717, 1.165) is 23.4 Å². The third kappa shape index (κ3) is 2.35. The van der Waals surface area contributed by atoms with Crippen LogP contribution in [-0.2, 0) is 4.74 Å². The minimum atomic E-state index is -0.0975. The monoisotopic (exact) mass is 253 g/mol. The standard InChI is InChI=1S/C14H20ClNO/c1-16-13(11-7-3-4-8-12(11)15)14(17-2)9-5-6-10-14/h3-4,7-8,13,16H,5-6,9-10H2,1-2H3. The van der Waals surface area contributed by atoms with Gasteiger partial charge in [-0.1, -0.05) is 42.6 Å². The Hall–Kier alpha value is -0.570. The molecule has 2 nitrogen and oxygen atoms in total. The Balaban J connectivity index is 2.36. The summed E-state index contributed by atoms with van der Waals surface area (Å²) in [6, 6.07) is 8.20. The predicted molar refractivity (Wildman–Crippen MR) is 71.5 cm³/mol. The Labute approximate surface area is 108 Å². The van der Waals surface area contributed by atoms with E-state index in [2.05, 4.69) is 11.4 Å². The Morgan fingerprint density at radius 1 is 1.29 bits per heavy atom. The van der Waals surface area contributed by atoms with Crippen LogP contribution in [0.25, 0.3) is 0 Å². The zero-order valence-corrected chi connectivity index (χ0v) is 11.3. The number of hydrogen-bond donors (Lipinski definition) is 1. The number of rotatable bonds is 4. The van der Waals surface area contributed by atoms with E-state index in [-0.39, 0.29) is 11.6 Å². The lowest BCUT2D eigenvalue weighted by atomic mass is 9.87. The zero-order valence-electron chi connectivity index (χ0n) is 10.5. The van der Waals surface area contributed by atoms with Crippen LogP contribution in [-0.4, -0.2) is 19.8 Å². The van der Waals surface area contributed by atoms with Crippen molar-refractivity contribution in [1.29, 1.82) is 0 Å². The number of ether oxygens (including phenoxy) is 1. The maximum Gasteiger partial charge on any atom is 0.0872 e. The Morgan fingerprint density at radius 3 is 2.47 bits per heavy atom. The van der Waals surface area contributed by atoms with Gasteiger partial charge in [0.1, 0.15) is 0 Å². The second-order valence-corrected chi connectivity index (χ2v) is 5.13. The second kappa shape index (κ2) is 5.38. The molecule has 0 aliphatic heterocycles. The molecule has 0 saturated heterocycles. The van der Waals surface area contributed by atoms with Gasteiger partial charge in [-0.15, -0.1) is 0 Å². The van der Waals surface area contributed by atoms with Crippen LogP contribution in [0.15, 0.2) is 24.3 Å². The fraction of sp³-hybridized carbons (Fsp3) is 0.571. The number of nitrogens with one attached hydrogen (secondary N) is 1. The Bertz CT molecular complexity index is 374. The van der Waals surface area contributed by atoms with E-state index in [1.807, 2.05) is 32.4 Å². The molecule has 2 rings (SSSR count). The molecule has 94 valence electrons. The lowest BCUT2D eigenvalue weighted by Crippen LogP contribution is -2.42. The molecule has 1 aliphatic carbocycles. The largest absolute Gasteiger partial charge is 0.376 e. The smallest absolute Gasteiger partial charge is 0.0872 e. The van der Waals surface area contributed by atoms with Crippen molar-refractivity contribution in [2.45, 2.75) is 37.3 Å². The van der Waals surface area contributed by atoms with Gasteiger partial charge in [0.25, 0.3) is 0 Å². The molecule has 0 radical (unpaired) electrons. The molecule has 1 saturated carbocycles. The SMILES string of the molecule is CNC(c1ccccc1Cl)C1(OC)CCCC1. The van der Waals surface area contributed by atoms with E-state index in [1.165, 1.54) is 12.8 Å². The lowest BCUT2D eigenvalue weighted by Gasteiger charge is -2.37. The van der Waals surface area contributed by atoms with Gasteiger partial charge in [0.15, 0.2) is 0 Å². The molecule has 0 bridgehead atoms. The number of methoxy groups -OCH3 is 1. The van der Waals surface area contributed by atoms with Crippen LogP contribution in [0, 0.1) is 0 Å². The van der Waals surface area contributed by atoms with Gasteiger partial charge in [0.2, 0.25) is 0 Å². The summed E-state index contributed by atoms with van der Waals surface area (Å²) >= 11 is 6.30. The van der Waals surface area contributed by atoms with Gasteiger partial charge >= 0.3 is 0 Å². The fourth-order valence-corrected chi connectivity index (χ4v) is 3.24. The molecule has 1 atom stereocenters. The molecular formula is C14H20ClNO. The van der Waals surface area contributed by atoms with Crippen molar-refractivity contribution in [1.82, 2.24) is 5.32 Å². The lowest BCUT2D eigenvalue weighted by molar-refractivity contribution is -0.0348. The first-order valence-electron chi connectivity index (χ1n) is 6.20. The maximum atomic E-state index is 6.30. The highest BCUT2D eigenvalue weighted by atomic mass is 35.5. The predicted octanol–water partition coefficient (Wildman–Crippen LogP) is 3.56. The van der Waals surface area contributed by atoms with Gasteiger partial charge < -0.3 is 10.1 Å². The quantitative estimate of drug-likeness (QED) is 0.886. The first kappa shape index (κ1) is 12.9. The minimum absolute atomic E-state index is 0.0975. The molecule has 0 amide bonds. The molecule has 1 unspecified atom stereocenters. The Kier molecular flexibility index (Phi) is 4.08. The van der Waals surface area contributed by atoms with Crippen LogP contribution in [0.3, 0.4) is 0 Å². The van der Waals surface area contributed by atoms with Crippen LogP contribution in [0.2, 0.25) is 5.02 Å². The average Bonchev–Trinajstić information content (AvgIpc) is 2.82. The van der Waals surface area contributed by atoms with E-state index in [9.17, 15) is 0 Å². The molecule has 1 aromatic rings. The number of hydrogen-bond acceptors (Lipinski definition) is 2. The van der Waals surface area contributed by atoms with E-state index in [4.69, 9.17) is 16.3 Å². The minimum Gasteiger partial charge on any atom is -0.376 e. The van der Waals surface area contributed by atoms with Gasteiger partial charge in [-0.25, -0.2) is 0 Å². The molecule has 1 aliphatic rings. The van der Waals surface area contributed by atoms with Gasteiger partial charge in [0.05, 0.1) is 11.6 Å². The molecule has 17 heavy (non-hydrogen) atoms. The number of halogens is 1. The number of likely N-dealkylation sites (N-methyl/N-ethyl adjacent to an activating group) is 1. The van der Waals surface area contributed by atoms with Crippen molar-refractivity contribution in [2.75, 3.05) is 14.2 Å². The molecule has 1 aromatic carbocycles. The van der Waals surface area contributed by atoms with E-state index >= 15 is 0 Å². The zero-order chi connectivity index (χ0) is 12.3. The van der Waals surface area contributed by atoms with Crippen molar-refractivity contribution in [3.63, 3.8) is 0 Å². The van der Waals surface area contributed by atoms with Crippen molar-refractivity contribution in [3.05, 3.63) is 34.9 Å². The summed E-state index contributed by atoms with van der Waals surface area (Å²) in [5.41, 5.74) is 1.04. The van der Waals surface area contributed by atoms with Gasteiger partial charge in [0, 0.05) is 12.1 Å². The topological polar surface area (TPSA) is 21.3 Å². The van der Waals surface area contributed by atoms with Crippen molar-refractivity contribution >= 4 is 11.6 Å². The van der Waals surface area contributed by atoms with Crippen molar-refractivity contribution in [2.24, 2.45) is 0 Å². The van der Waals surface area contributed by atoms with Crippen LogP contribution in [0.4, 0.5) is 0 Å². The average molecular weight is 254 g/mol. The van der Waals surface area contributed by atoms with Crippen molar-refractivity contribution in [3.8, 4) is 0 Å². The summed E-state index contributed by atoms with van der Waals surface area (Å²) < 4.78 is 5.84. The van der Waals surface area contributed by atoms with E-state index < -0.39 is 0 Å². The molecular weight excluding hydrogens is 234 g/mol. The van der Waals surface area contributed by atoms with Gasteiger partial charge in [-0.05, 0) is 31.5 Å². The summed E-state index contributed by atoms with van der Waals surface area (Å²) in [5.74, 6) is 0. The highest BCUT2D eigenvalue weighted by Crippen LogP contribution is 2.43. The van der Waals surface area contributed by atoms with Crippen molar-refractivity contribution < 1.29 is 4.74 Å². The highest BCUT2D eigenvalue weighted by molar-refractivity contribution is 6.31. The first-order valence-corrected chi connectivity index (χ1v) is 6.58. The van der Waals surface area contributed by atoms with E-state index in [0.29, 0.717) is 0 Å².